The van der Waals surface area contributed by atoms with Crippen molar-refractivity contribution in [2.75, 3.05) is 6.54 Å². The highest BCUT2D eigenvalue weighted by molar-refractivity contribution is 5.94. The molecule has 0 spiro atoms. The number of nitrogens with one attached hydrogen (secondary N) is 1. The van der Waals surface area contributed by atoms with Crippen molar-refractivity contribution in [2.45, 2.75) is 18.9 Å². The van der Waals surface area contributed by atoms with Gasteiger partial charge in [-0.25, -0.2) is 0 Å². The first-order chi connectivity index (χ1) is 12.7. The molecule has 0 unspecified atom stereocenters. The zero-order chi connectivity index (χ0) is 17.9. The first-order valence-electron chi connectivity index (χ1n) is 8.84. The fraction of sp³-hybridized carbons (Fsp3) is 0.182. The predicted molar refractivity (Wildman–Crippen MR) is 101 cm³/mol. The maximum atomic E-state index is 13.1. The third-order valence-electron chi connectivity index (χ3n) is 4.97. The average molecular weight is 344 g/mol. The van der Waals surface area contributed by atoms with Crippen LogP contribution in [0.15, 0.2) is 77.7 Å². The fourth-order valence-electron chi connectivity index (χ4n) is 3.70. The standard InChI is InChI=1S/C22H20N2O2/c25-21-15-18(10-12-23-21)22(26)24-13-11-17-8-4-5-9-19(17)20(24)14-16-6-2-1-3-7-16/h1-10,12,15,20H,11,13-14H2,(H,23,25)/t20-/m0/s1. The van der Waals surface area contributed by atoms with Crippen LogP contribution in [0.1, 0.15) is 33.1 Å². The highest BCUT2D eigenvalue weighted by atomic mass is 16.2. The number of hydrogen-bond donors (Lipinski definition) is 1. The maximum Gasteiger partial charge on any atom is 0.254 e. The molecule has 4 rings (SSSR count). The summed E-state index contributed by atoms with van der Waals surface area (Å²) in [5.74, 6) is -0.0912. The van der Waals surface area contributed by atoms with E-state index < -0.39 is 0 Å². The van der Waals surface area contributed by atoms with E-state index in [-0.39, 0.29) is 17.5 Å². The third-order valence-corrected chi connectivity index (χ3v) is 4.97. The van der Waals surface area contributed by atoms with E-state index in [9.17, 15) is 9.59 Å². The van der Waals surface area contributed by atoms with E-state index in [4.69, 9.17) is 0 Å². The predicted octanol–water partition coefficient (Wildman–Crippen LogP) is 3.36. The number of fused-ring (bicyclic) bond motifs is 1. The second-order valence-electron chi connectivity index (χ2n) is 6.59. The number of pyridine rings is 1. The monoisotopic (exact) mass is 344 g/mol. The second kappa shape index (κ2) is 7.00. The van der Waals surface area contributed by atoms with Crippen LogP contribution in [-0.2, 0) is 12.8 Å². The molecule has 4 heteroatoms. The quantitative estimate of drug-likeness (QED) is 0.792. The molecule has 0 saturated heterocycles. The lowest BCUT2D eigenvalue weighted by molar-refractivity contribution is 0.0659. The number of benzene rings is 2. The normalized spacial score (nSPS) is 16.2. The molecule has 0 aliphatic carbocycles. The Morgan fingerprint density at radius 3 is 2.62 bits per heavy atom. The van der Waals surface area contributed by atoms with Gasteiger partial charge >= 0.3 is 0 Å². The second-order valence-corrected chi connectivity index (χ2v) is 6.59. The zero-order valence-electron chi connectivity index (χ0n) is 14.4. The van der Waals surface area contributed by atoms with Gasteiger partial charge in [0.1, 0.15) is 0 Å². The lowest BCUT2D eigenvalue weighted by Crippen LogP contribution is -2.41. The van der Waals surface area contributed by atoms with Gasteiger partial charge in [0, 0.05) is 24.4 Å². The summed E-state index contributed by atoms with van der Waals surface area (Å²) in [6.45, 7) is 0.653. The van der Waals surface area contributed by atoms with Crippen molar-refractivity contribution in [1.82, 2.24) is 9.88 Å². The van der Waals surface area contributed by atoms with E-state index in [0.717, 1.165) is 12.8 Å². The summed E-state index contributed by atoms with van der Waals surface area (Å²) in [6.07, 6.45) is 3.11. The number of hydrogen-bond acceptors (Lipinski definition) is 2. The Labute approximate surface area is 152 Å². The van der Waals surface area contributed by atoms with Crippen LogP contribution in [0.3, 0.4) is 0 Å². The van der Waals surface area contributed by atoms with Gasteiger partial charge in [-0.1, -0.05) is 54.6 Å². The molecule has 2 aromatic carbocycles. The number of nitrogens with zero attached hydrogens (tertiary/aromatic N) is 1. The summed E-state index contributed by atoms with van der Waals surface area (Å²) >= 11 is 0. The van der Waals surface area contributed by atoms with Crippen LogP contribution >= 0.6 is 0 Å². The molecule has 1 aliphatic heterocycles. The Bertz CT molecular complexity index is 978. The summed E-state index contributed by atoms with van der Waals surface area (Å²) in [6, 6.07) is 21.6. The molecule has 26 heavy (non-hydrogen) atoms. The number of rotatable bonds is 3. The third kappa shape index (κ3) is 3.18. The molecule has 1 amide bonds. The Morgan fingerprint density at radius 1 is 1.04 bits per heavy atom. The number of aromatic nitrogens is 1. The molecule has 130 valence electrons. The van der Waals surface area contributed by atoms with E-state index in [0.29, 0.717) is 12.1 Å². The van der Waals surface area contributed by atoms with Crippen LogP contribution in [-0.4, -0.2) is 22.3 Å². The molecule has 0 bridgehead atoms. The topological polar surface area (TPSA) is 53.2 Å². The van der Waals surface area contributed by atoms with Crippen LogP contribution in [0.2, 0.25) is 0 Å². The highest BCUT2D eigenvalue weighted by Gasteiger charge is 2.31. The molecule has 1 N–H and O–H groups in total. The minimum Gasteiger partial charge on any atom is -0.331 e. The Morgan fingerprint density at radius 2 is 1.81 bits per heavy atom. The minimum absolute atomic E-state index is 0.0332. The van der Waals surface area contributed by atoms with Gasteiger partial charge in [-0.2, -0.15) is 0 Å². The Balaban J connectivity index is 1.73. The van der Waals surface area contributed by atoms with E-state index in [1.807, 2.05) is 35.2 Å². The summed E-state index contributed by atoms with van der Waals surface area (Å²) in [4.78, 5) is 29.2. The number of carbonyl (C=O) groups is 1. The molecule has 1 aliphatic rings. The molecule has 0 fully saturated rings. The van der Waals surface area contributed by atoms with Gasteiger partial charge in [0.05, 0.1) is 6.04 Å². The molecular weight excluding hydrogens is 324 g/mol. The minimum atomic E-state index is -0.257. The molecule has 0 saturated carbocycles. The molecular formula is C22H20N2O2. The van der Waals surface area contributed by atoms with Gasteiger partial charge in [-0.3, -0.25) is 9.59 Å². The van der Waals surface area contributed by atoms with Crippen LogP contribution in [0.25, 0.3) is 0 Å². The number of aromatic amines is 1. The lowest BCUT2D eigenvalue weighted by atomic mass is 9.88. The Kier molecular flexibility index (Phi) is 4.40. The fourth-order valence-corrected chi connectivity index (χ4v) is 3.70. The van der Waals surface area contributed by atoms with Crippen molar-refractivity contribution in [2.24, 2.45) is 0 Å². The molecule has 2 heterocycles. The first-order valence-corrected chi connectivity index (χ1v) is 8.84. The maximum absolute atomic E-state index is 13.1. The van der Waals surface area contributed by atoms with Crippen LogP contribution in [0, 0.1) is 0 Å². The van der Waals surface area contributed by atoms with Crippen molar-refractivity contribution >= 4 is 5.91 Å². The largest absolute Gasteiger partial charge is 0.331 e. The van der Waals surface area contributed by atoms with Crippen LogP contribution in [0.4, 0.5) is 0 Å². The van der Waals surface area contributed by atoms with Gasteiger partial charge in [0.25, 0.3) is 5.91 Å². The summed E-state index contributed by atoms with van der Waals surface area (Å²) in [5, 5.41) is 0. The summed E-state index contributed by atoms with van der Waals surface area (Å²) < 4.78 is 0. The molecule has 4 nitrogen and oxygen atoms in total. The van der Waals surface area contributed by atoms with E-state index in [2.05, 4.69) is 29.2 Å². The van der Waals surface area contributed by atoms with Gasteiger partial charge in [-0.05, 0) is 35.6 Å². The SMILES string of the molecule is O=C(c1cc[nH]c(=O)c1)N1CCc2ccccc2[C@@H]1Cc1ccccc1. The van der Waals surface area contributed by atoms with E-state index in [1.54, 1.807) is 6.07 Å². The van der Waals surface area contributed by atoms with E-state index in [1.165, 1.54) is 29.0 Å². The molecule has 0 radical (unpaired) electrons. The van der Waals surface area contributed by atoms with Gasteiger partial charge < -0.3 is 9.88 Å². The first kappa shape index (κ1) is 16.3. The highest BCUT2D eigenvalue weighted by Crippen LogP contribution is 2.33. The van der Waals surface area contributed by atoms with Crippen molar-refractivity contribution in [3.05, 3.63) is 106 Å². The molecule has 3 aromatic rings. The zero-order valence-corrected chi connectivity index (χ0v) is 14.4. The van der Waals surface area contributed by atoms with Gasteiger partial charge in [-0.15, -0.1) is 0 Å². The lowest BCUT2D eigenvalue weighted by Gasteiger charge is -2.37. The van der Waals surface area contributed by atoms with Crippen molar-refractivity contribution in [3.8, 4) is 0 Å². The van der Waals surface area contributed by atoms with Crippen molar-refractivity contribution in [1.29, 1.82) is 0 Å². The smallest absolute Gasteiger partial charge is 0.254 e. The number of amides is 1. The van der Waals surface area contributed by atoms with E-state index >= 15 is 0 Å². The Hall–Kier alpha value is -3.14. The summed E-state index contributed by atoms with van der Waals surface area (Å²) in [7, 11) is 0. The van der Waals surface area contributed by atoms with Crippen molar-refractivity contribution in [3.63, 3.8) is 0 Å². The number of carbonyl (C=O) groups excluding carboxylic acids is 1. The molecule has 1 aromatic heterocycles. The van der Waals surface area contributed by atoms with Gasteiger partial charge in [0.15, 0.2) is 0 Å². The van der Waals surface area contributed by atoms with Crippen LogP contribution in [0.5, 0.6) is 0 Å². The number of H-pyrrole nitrogens is 1. The van der Waals surface area contributed by atoms with Crippen LogP contribution < -0.4 is 5.56 Å². The van der Waals surface area contributed by atoms with Crippen molar-refractivity contribution < 1.29 is 4.79 Å². The van der Waals surface area contributed by atoms with Gasteiger partial charge in [0.2, 0.25) is 5.56 Å². The summed E-state index contributed by atoms with van der Waals surface area (Å²) in [5.41, 5.74) is 3.86. The average Bonchev–Trinajstić information content (AvgIpc) is 2.68. The molecule has 1 atom stereocenters.